The van der Waals surface area contributed by atoms with Gasteiger partial charge < -0.3 is 20.4 Å². The van der Waals surface area contributed by atoms with Crippen LogP contribution in [0, 0.1) is 28.6 Å². The molecule has 5 rings (SSSR count). The van der Waals surface area contributed by atoms with Gasteiger partial charge in [-0.2, -0.15) is 0 Å². The van der Waals surface area contributed by atoms with Gasteiger partial charge in [0.1, 0.15) is 22.8 Å². The first-order valence-corrected chi connectivity index (χ1v) is 16.2. The molecule has 2 aromatic carbocycles. The van der Waals surface area contributed by atoms with Crippen molar-refractivity contribution in [1.29, 1.82) is 0 Å². The predicted octanol–water partition coefficient (Wildman–Crippen LogP) is 7.39. The summed E-state index contributed by atoms with van der Waals surface area (Å²) in [6.45, 7) is 16.8. The molecule has 0 aromatic heterocycles. The van der Waals surface area contributed by atoms with Gasteiger partial charge in [0.2, 0.25) is 5.78 Å². The Balaban J connectivity index is 1.65. The van der Waals surface area contributed by atoms with E-state index >= 15 is 0 Å². The van der Waals surface area contributed by atoms with Crippen molar-refractivity contribution < 1.29 is 34.8 Å². The third-order valence-corrected chi connectivity index (χ3v) is 10.9. The highest BCUT2D eigenvalue weighted by Gasteiger charge is 2.72. The van der Waals surface area contributed by atoms with Gasteiger partial charge in [0.05, 0.1) is 5.56 Å². The largest absolute Gasteiger partial charge is 0.508 e. The number of phenols is 1. The number of carbonyl (C=O) groups excluding carboxylic acids is 3. The highest BCUT2D eigenvalue weighted by Crippen LogP contribution is 2.65. The zero-order chi connectivity index (χ0) is 34.1. The summed E-state index contributed by atoms with van der Waals surface area (Å²) in [4.78, 5) is 40.8. The van der Waals surface area contributed by atoms with Gasteiger partial charge >= 0.3 is 0 Å². The van der Waals surface area contributed by atoms with Crippen molar-refractivity contribution in [2.75, 3.05) is 0 Å². The van der Waals surface area contributed by atoms with E-state index < -0.39 is 56.8 Å². The fourth-order valence-electron chi connectivity index (χ4n) is 8.79. The first-order chi connectivity index (χ1) is 21.4. The molecular formula is C39H46O7. The standard InChI is InChI=1S/C39H46O7/c1-9-21(4)16-22(5)17-24-10-12-25(13-11-24)26-14-15-28(41)30-27(26)18-37(7)19-38(8)31(20(2)3)33(42)29(23(6)40)35(44)39(38,46)36(45)32(37)34(30)43/h10-15,20-21,31,41,43-44,46H,5,9,16-19H2,1-4,6-8H3/t21?,31?,37-,38-,39+/m1/s1. The lowest BCUT2D eigenvalue weighted by atomic mass is 9.43. The number of allylic oxidation sites excluding steroid dienone is 2. The topological polar surface area (TPSA) is 132 Å². The number of phenolic OH excluding ortho intramolecular Hbond substituents is 1. The fourth-order valence-corrected chi connectivity index (χ4v) is 8.79. The number of hydrogen-bond acceptors (Lipinski definition) is 7. The molecule has 2 unspecified atom stereocenters. The van der Waals surface area contributed by atoms with Crippen LogP contribution >= 0.6 is 0 Å². The van der Waals surface area contributed by atoms with E-state index in [1.807, 2.05) is 19.1 Å². The molecule has 1 saturated carbocycles. The van der Waals surface area contributed by atoms with Crippen LogP contribution in [0.5, 0.6) is 5.75 Å². The average Bonchev–Trinajstić information content (AvgIpc) is 2.95. The van der Waals surface area contributed by atoms with E-state index in [9.17, 15) is 34.8 Å². The van der Waals surface area contributed by atoms with Gasteiger partial charge in [0.25, 0.3) is 0 Å². The molecule has 0 aliphatic heterocycles. The smallest absolute Gasteiger partial charge is 0.203 e. The van der Waals surface area contributed by atoms with Crippen molar-refractivity contribution in [1.82, 2.24) is 0 Å². The second kappa shape index (κ2) is 11.4. The molecule has 4 N–H and O–H groups in total. The number of aliphatic hydroxyl groups is 3. The first-order valence-electron chi connectivity index (χ1n) is 16.2. The zero-order valence-corrected chi connectivity index (χ0v) is 28.0. The Morgan fingerprint density at radius 1 is 1.02 bits per heavy atom. The lowest BCUT2D eigenvalue weighted by Gasteiger charge is -2.59. The number of hydrogen-bond donors (Lipinski definition) is 4. The van der Waals surface area contributed by atoms with E-state index in [0.717, 1.165) is 42.9 Å². The maximum absolute atomic E-state index is 14.5. The van der Waals surface area contributed by atoms with Crippen LogP contribution in [0.15, 0.2) is 65.5 Å². The number of Topliss-reactive ketones (excluding diaryl/α,β-unsaturated/α-hetero) is 3. The normalized spacial score (nSPS) is 28.2. The quantitative estimate of drug-likeness (QED) is 0.177. The second-order valence-electron chi connectivity index (χ2n) is 14.8. The Kier molecular flexibility index (Phi) is 8.26. The Hall–Kier alpha value is -3.97. The van der Waals surface area contributed by atoms with Crippen LogP contribution in [0.3, 0.4) is 0 Å². The Bertz CT molecular complexity index is 1720. The Morgan fingerprint density at radius 3 is 2.22 bits per heavy atom. The van der Waals surface area contributed by atoms with Gasteiger partial charge in [-0.25, -0.2) is 0 Å². The SMILES string of the molecule is C=C(Cc1ccc(-c2ccc(O)c3c2C[C@]2(C)C[C@]4(C)C(C(C)C)C(=O)C(C(C)=O)=C(O)[C@]4(O)C(=O)C2=C3O)cc1)CC(C)CC. The first kappa shape index (κ1) is 33.4. The minimum Gasteiger partial charge on any atom is -0.508 e. The molecule has 7 heteroatoms. The highest BCUT2D eigenvalue weighted by molar-refractivity contribution is 6.24. The summed E-state index contributed by atoms with van der Waals surface area (Å²) < 4.78 is 0. The van der Waals surface area contributed by atoms with Crippen LogP contribution in [-0.4, -0.2) is 43.4 Å². The van der Waals surface area contributed by atoms with Gasteiger partial charge in [0.15, 0.2) is 17.2 Å². The molecule has 7 nitrogen and oxygen atoms in total. The number of fused-ring (bicyclic) bond motifs is 3. The maximum atomic E-state index is 14.5. The van der Waals surface area contributed by atoms with Crippen LogP contribution in [0.1, 0.15) is 84.4 Å². The lowest BCUT2D eigenvalue weighted by molar-refractivity contribution is -0.178. The molecular weight excluding hydrogens is 580 g/mol. The van der Waals surface area contributed by atoms with Gasteiger partial charge in [-0.05, 0) is 72.8 Å². The summed E-state index contributed by atoms with van der Waals surface area (Å²) in [7, 11) is 0. The van der Waals surface area contributed by atoms with E-state index in [-0.39, 0.29) is 35.6 Å². The molecule has 3 aliphatic rings. The summed E-state index contributed by atoms with van der Waals surface area (Å²) in [6, 6.07) is 11.4. The van der Waals surface area contributed by atoms with Crippen molar-refractivity contribution in [3.05, 3.63) is 82.1 Å². The van der Waals surface area contributed by atoms with Crippen molar-refractivity contribution >= 4 is 23.1 Å². The van der Waals surface area contributed by atoms with Gasteiger partial charge in [-0.1, -0.05) is 90.4 Å². The van der Waals surface area contributed by atoms with Crippen LogP contribution in [0.4, 0.5) is 0 Å². The van der Waals surface area contributed by atoms with Gasteiger partial charge in [0, 0.05) is 22.3 Å². The molecule has 244 valence electrons. The Labute approximate surface area is 271 Å². The third kappa shape index (κ3) is 4.77. The van der Waals surface area contributed by atoms with E-state index in [1.54, 1.807) is 26.8 Å². The van der Waals surface area contributed by atoms with Crippen molar-refractivity contribution in [2.45, 2.75) is 86.2 Å². The zero-order valence-electron chi connectivity index (χ0n) is 28.0. The molecule has 2 aromatic rings. The number of aromatic hydroxyl groups is 1. The summed E-state index contributed by atoms with van der Waals surface area (Å²) in [5, 5.41) is 46.4. The highest BCUT2D eigenvalue weighted by atomic mass is 16.3. The molecule has 0 saturated heterocycles. The van der Waals surface area contributed by atoms with E-state index in [0.29, 0.717) is 11.5 Å². The molecule has 0 amide bonds. The second-order valence-corrected chi connectivity index (χ2v) is 14.8. The summed E-state index contributed by atoms with van der Waals surface area (Å²) in [6.07, 6.45) is 3.11. The number of ketones is 3. The van der Waals surface area contributed by atoms with E-state index in [1.165, 1.54) is 11.6 Å². The molecule has 5 atom stereocenters. The van der Waals surface area contributed by atoms with Crippen LogP contribution < -0.4 is 0 Å². The maximum Gasteiger partial charge on any atom is 0.203 e. The molecule has 0 heterocycles. The number of carbonyl (C=O) groups is 3. The average molecular weight is 627 g/mol. The van der Waals surface area contributed by atoms with Crippen LogP contribution in [0.2, 0.25) is 0 Å². The summed E-state index contributed by atoms with van der Waals surface area (Å²) in [5.41, 5.74) is -1.21. The fraction of sp³-hybridized carbons (Fsp3) is 0.462. The van der Waals surface area contributed by atoms with Crippen molar-refractivity contribution in [3.8, 4) is 16.9 Å². The number of aliphatic hydroxyl groups excluding tert-OH is 2. The Morgan fingerprint density at radius 2 is 1.65 bits per heavy atom. The van der Waals surface area contributed by atoms with Crippen molar-refractivity contribution in [3.63, 3.8) is 0 Å². The van der Waals surface area contributed by atoms with Crippen molar-refractivity contribution in [2.24, 2.45) is 28.6 Å². The molecule has 0 bridgehead atoms. The molecule has 0 spiro atoms. The van der Waals surface area contributed by atoms with Crippen LogP contribution in [0.25, 0.3) is 16.9 Å². The minimum atomic E-state index is -2.63. The monoisotopic (exact) mass is 626 g/mol. The lowest BCUT2D eigenvalue weighted by Crippen LogP contribution is -2.69. The van der Waals surface area contributed by atoms with E-state index in [4.69, 9.17) is 0 Å². The van der Waals surface area contributed by atoms with Crippen LogP contribution in [-0.2, 0) is 27.2 Å². The van der Waals surface area contributed by atoms with E-state index in [2.05, 4.69) is 32.6 Å². The minimum absolute atomic E-state index is 0.0528. The predicted molar refractivity (Wildman–Crippen MR) is 178 cm³/mol. The molecule has 3 aliphatic carbocycles. The number of rotatable bonds is 8. The molecule has 1 fully saturated rings. The molecule has 0 radical (unpaired) electrons. The number of benzene rings is 2. The summed E-state index contributed by atoms with van der Waals surface area (Å²) in [5.74, 6) is -4.73. The molecule has 46 heavy (non-hydrogen) atoms. The summed E-state index contributed by atoms with van der Waals surface area (Å²) >= 11 is 0. The van der Waals surface area contributed by atoms with Gasteiger partial charge in [-0.3, -0.25) is 14.4 Å². The third-order valence-electron chi connectivity index (χ3n) is 10.9. The van der Waals surface area contributed by atoms with Gasteiger partial charge in [-0.15, -0.1) is 0 Å².